The van der Waals surface area contributed by atoms with Gasteiger partial charge in [0.1, 0.15) is 11.5 Å². The fourth-order valence-corrected chi connectivity index (χ4v) is 3.23. The molecule has 0 aromatic heterocycles. The van der Waals surface area contributed by atoms with Gasteiger partial charge in [-0.3, -0.25) is 9.59 Å². The zero-order chi connectivity index (χ0) is 23.6. The van der Waals surface area contributed by atoms with Crippen LogP contribution in [0.3, 0.4) is 0 Å². The van der Waals surface area contributed by atoms with Crippen molar-refractivity contribution in [2.24, 2.45) is 0 Å². The predicted octanol–water partition coefficient (Wildman–Crippen LogP) is 5.46. The highest BCUT2D eigenvalue weighted by Gasteiger charge is 2.04. The minimum absolute atomic E-state index is 0.104. The van der Waals surface area contributed by atoms with E-state index in [9.17, 15) is 9.59 Å². The number of benzene rings is 2. The number of carboxylic acid groups (broad SMARTS) is 1. The molecule has 1 N–H and O–H groups in total. The third kappa shape index (κ3) is 11.4. The molecule has 0 amide bonds. The Labute approximate surface area is 191 Å². The van der Waals surface area contributed by atoms with E-state index in [0.717, 1.165) is 49.2 Å². The van der Waals surface area contributed by atoms with Crippen LogP contribution in [0.1, 0.15) is 56.6 Å². The number of hydrogen-bond donors (Lipinski definition) is 1. The Balaban J connectivity index is 0.000000323. The Kier molecular flexibility index (Phi) is 14.1. The van der Waals surface area contributed by atoms with Crippen molar-refractivity contribution in [2.45, 2.75) is 58.3 Å². The Bertz CT molecular complexity index is 802. The fourth-order valence-electron chi connectivity index (χ4n) is 3.23. The average Bonchev–Trinajstić information content (AvgIpc) is 2.80. The molecule has 176 valence electrons. The zero-order valence-corrected chi connectivity index (χ0v) is 19.5. The van der Waals surface area contributed by atoms with Crippen molar-refractivity contribution in [1.82, 2.24) is 0 Å². The molecule has 0 fully saturated rings. The molecule has 2 aromatic rings. The van der Waals surface area contributed by atoms with Gasteiger partial charge in [-0.2, -0.15) is 0 Å². The molecule has 0 radical (unpaired) electrons. The van der Waals surface area contributed by atoms with Crippen molar-refractivity contribution in [1.29, 1.82) is 0 Å². The smallest absolute Gasteiger partial charge is 0.305 e. The molecule has 0 spiro atoms. The van der Waals surface area contributed by atoms with Crippen molar-refractivity contribution >= 4 is 11.9 Å². The molecule has 32 heavy (non-hydrogen) atoms. The third-order valence-corrected chi connectivity index (χ3v) is 4.85. The van der Waals surface area contributed by atoms with Crippen molar-refractivity contribution in [2.75, 3.05) is 20.8 Å². The van der Waals surface area contributed by atoms with Crippen LogP contribution in [0.4, 0.5) is 0 Å². The second-order valence-corrected chi connectivity index (χ2v) is 7.24. The molecule has 0 unspecified atom stereocenters. The van der Waals surface area contributed by atoms with Crippen LogP contribution in [0, 0.1) is 0 Å². The van der Waals surface area contributed by atoms with Crippen molar-refractivity contribution < 1.29 is 28.9 Å². The number of esters is 1. The minimum atomic E-state index is -0.727. The van der Waals surface area contributed by atoms with Crippen LogP contribution in [0.15, 0.2) is 48.5 Å². The third-order valence-electron chi connectivity index (χ3n) is 4.85. The second-order valence-electron chi connectivity index (χ2n) is 7.24. The Hall–Kier alpha value is -3.02. The monoisotopic (exact) mass is 444 g/mol. The summed E-state index contributed by atoms with van der Waals surface area (Å²) >= 11 is 0. The van der Waals surface area contributed by atoms with Crippen LogP contribution in [-0.4, -0.2) is 37.9 Å². The number of aliphatic carboxylic acids is 1. The van der Waals surface area contributed by atoms with Crippen LogP contribution in [0.2, 0.25) is 0 Å². The first-order valence-electron chi connectivity index (χ1n) is 11.1. The summed E-state index contributed by atoms with van der Waals surface area (Å²) in [5.41, 5.74) is 2.34. The molecule has 6 nitrogen and oxygen atoms in total. The van der Waals surface area contributed by atoms with Crippen LogP contribution < -0.4 is 9.47 Å². The van der Waals surface area contributed by atoms with E-state index in [1.807, 2.05) is 49.4 Å². The maximum absolute atomic E-state index is 11.1. The fraction of sp³-hybridized carbons (Fsp3) is 0.462. The molecule has 0 heterocycles. The molecule has 0 aliphatic heterocycles. The Morgan fingerprint density at radius 2 is 1.22 bits per heavy atom. The molecule has 0 bridgehead atoms. The van der Waals surface area contributed by atoms with Crippen LogP contribution in [0.25, 0.3) is 0 Å². The molecule has 0 saturated heterocycles. The number of methoxy groups -OCH3 is 2. The normalized spacial score (nSPS) is 9.97. The van der Waals surface area contributed by atoms with Gasteiger partial charge in [0, 0.05) is 12.8 Å². The van der Waals surface area contributed by atoms with Gasteiger partial charge in [0.25, 0.3) is 0 Å². The first-order chi connectivity index (χ1) is 15.5. The predicted molar refractivity (Wildman–Crippen MR) is 125 cm³/mol. The molecular formula is C26H36O6. The maximum Gasteiger partial charge on any atom is 0.305 e. The van der Waals surface area contributed by atoms with E-state index in [4.69, 9.17) is 19.3 Å². The summed E-state index contributed by atoms with van der Waals surface area (Å²) in [7, 11) is 3.33. The summed E-state index contributed by atoms with van der Waals surface area (Å²) in [5.74, 6) is 0.971. The molecule has 0 saturated carbocycles. The maximum atomic E-state index is 11.1. The number of aryl methyl sites for hydroxylation is 2. The first-order valence-corrected chi connectivity index (χ1v) is 11.1. The SMILES string of the molecule is CCOC(=O)CCCCc1ccccc1OC.COc1ccccc1CCCCC(=O)O. The number of carbonyl (C=O) groups excluding carboxylic acids is 1. The summed E-state index contributed by atoms with van der Waals surface area (Å²) in [6.07, 6.45) is 5.98. The number of ether oxygens (including phenoxy) is 3. The molecule has 2 aromatic carbocycles. The summed E-state index contributed by atoms with van der Waals surface area (Å²) in [5, 5.41) is 8.49. The number of para-hydroxylation sites is 2. The number of hydrogen-bond acceptors (Lipinski definition) is 5. The number of rotatable bonds is 13. The molecular weight excluding hydrogens is 408 g/mol. The highest BCUT2D eigenvalue weighted by molar-refractivity contribution is 5.69. The largest absolute Gasteiger partial charge is 0.496 e. The highest BCUT2D eigenvalue weighted by Crippen LogP contribution is 2.20. The standard InChI is InChI=1S/C14H20O3.C12H16O3/c1-3-17-14(15)11-7-5-9-12-8-4-6-10-13(12)16-2;1-15-11-8-4-2-6-10(11)7-3-5-9-12(13)14/h4,6,8,10H,3,5,7,9,11H2,1-2H3;2,4,6,8H,3,5,7,9H2,1H3,(H,13,14). The summed E-state index contributed by atoms with van der Waals surface area (Å²) < 4.78 is 15.4. The van der Waals surface area contributed by atoms with Gasteiger partial charge >= 0.3 is 11.9 Å². The lowest BCUT2D eigenvalue weighted by atomic mass is 10.1. The van der Waals surface area contributed by atoms with Gasteiger partial charge in [-0.15, -0.1) is 0 Å². The van der Waals surface area contributed by atoms with Crippen molar-refractivity contribution in [3.8, 4) is 11.5 Å². The molecule has 2 rings (SSSR count). The highest BCUT2D eigenvalue weighted by atomic mass is 16.5. The Morgan fingerprint density at radius 1 is 0.750 bits per heavy atom. The number of unbranched alkanes of at least 4 members (excludes halogenated alkanes) is 2. The van der Waals surface area contributed by atoms with Gasteiger partial charge in [-0.25, -0.2) is 0 Å². The minimum Gasteiger partial charge on any atom is -0.496 e. The summed E-state index contributed by atoms with van der Waals surface area (Å²) in [6, 6.07) is 15.8. The first kappa shape index (κ1) is 27.0. The average molecular weight is 445 g/mol. The van der Waals surface area contributed by atoms with Crippen LogP contribution in [0.5, 0.6) is 11.5 Å². The quantitative estimate of drug-likeness (QED) is 0.326. The lowest BCUT2D eigenvalue weighted by Gasteiger charge is -2.07. The van der Waals surface area contributed by atoms with E-state index in [0.29, 0.717) is 19.4 Å². The van der Waals surface area contributed by atoms with Gasteiger partial charge in [0.15, 0.2) is 0 Å². The van der Waals surface area contributed by atoms with E-state index in [-0.39, 0.29) is 12.4 Å². The molecule has 0 atom stereocenters. The van der Waals surface area contributed by atoms with Crippen molar-refractivity contribution in [3.05, 3.63) is 59.7 Å². The van der Waals surface area contributed by atoms with Crippen molar-refractivity contribution in [3.63, 3.8) is 0 Å². The van der Waals surface area contributed by atoms with E-state index < -0.39 is 5.97 Å². The van der Waals surface area contributed by atoms with E-state index in [1.165, 1.54) is 5.56 Å². The topological polar surface area (TPSA) is 82.1 Å². The molecule has 6 heteroatoms. The molecule has 0 aliphatic carbocycles. The Morgan fingerprint density at radius 3 is 1.66 bits per heavy atom. The van der Waals surface area contributed by atoms with Crippen LogP contribution in [-0.2, 0) is 27.2 Å². The molecule has 0 aliphatic rings. The van der Waals surface area contributed by atoms with Gasteiger partial charge in [-0.05, 0) is 68.7 Å². The lowest BCUT2D eigenvalue weighted by molar-refractivity contribution is -0.143. The summed E-state index contributed by atoms with van der Waals surface area (Å²) in [4.78, 5) is 21.4. The van der Waals surface area contributed by atoms with Gasteiger partial charge in [0.2, 0.25) is 0 Å². The van der Waals surface area contributed by atoms with Gasteiger partial charge in [0.05, 0.1) is 20.8 Å². The number of carboxylic acids is 1. The zero-order valence-electron chi connectivity index (χ0n) is 19.5. The second kappa shape index (κ2) is 16.6. The van der Waals surface area contributed by atoms with E-state index >= 15 is 0 Å². The van der Waals surface area contributed by atoms with Gasteiger partial charge in [-0.1, -0.05) is 36.4 Å². The lowest BCUT2D eigenvalue weighted by Crippen LogP contribution is -2.03. The van der Waals surface area contributed by atoms with E-state index in [1.54, 1.807) is 14.2 Å². The number of carbonyl (C=O) groups is 2. The van der Waals surface area contributed by atoms with Crippen LogP contribution >= 0.6 is 0 Å². The van der Waals surface area contributed by atoms with E-state index in [2.05, 4.69) is 6.07 Å². The van der Waals surface area contributed by atoms with Gasteiger partial charge < -0.3 is 19.3 Å². The summed E-state index contributed by atoms with van der Waals surface area (Å²) in [6.45, 7) is 2.29.